The van der Waals surface area contributed by atoms with Crippen LogP contribution in [-0.4, -0.2) is 39.0 Å². The van der Waals surface area contributed by atoms with Gasteiger partial charge in [0.1, 0.15) is 5.75 Å². The van der Waals surface area contributed by atoms with E-state index >= 15 is 0 Å². The molecule has 0 aromatic heterocycles. The number of benzene rings is 1. The van der Waals surface area contributed by atoms with Crippen molar-refractivity contribution >= 4 is 38.4 Å². The summed E-state index contributed by atoms with van der Waals surface area (Å²) in [5.74, 6) is 0.614. The quantitative estimate of drug-likeness (QED) is 0.860. The number of nitrogens with zero attached hydrogens (tertiary/aromatic N) is 1. The van der Waals surface area contributed by atoms with E-state index in [2.05, 4.69) is 15.9 Å². The number of hydrogen-bond donors (Lipinski definition) is 1. The van der Waals surface area contributed by atoms with Gasteiger partial charge in [-0.1, -0.05) is 0 Å². The SMILES string of the molecule is COc1ccc(S(=O)(=O)N2CCCC2CN)c(Br)c1.Cl. The van der Waals surface area contributed by atoms with E-state index in [1.54, 1.807) is 25.3 Å². The van der Waals surface area contributed by atoms with Crippen LogP contribution in [0.25, 0.3) is 0 Å². The van der Waals surface area contributed by atoms with Crippen LogP contribution >= 0.6 is 28.3 Å². The molecule has 114 valence electrons. The van der Waals surface area contributed by atoms with Crippen molar-refractivity contribution in [2.45, 2.75) is 23.8 Å². The van der Waals surface area contributed by atoms with Gasteiger partial charge in [-0.25, -0.2) is 8.42 Å². The summed E-state index contributed by atoms with van der Waals surface area (Å²) in [4.78, 5) is 0.258. The molecule has 1 fully saturated rings. The number of rotatable bonds is 4. The van der Waals surface area contributed by atoms with Gasteiger partial charge in [0.05, 0.1) is 12.0 Å². The fourth-order valence-corrected chi connectivity index (χ4v) is 5.03. The Balaban J connectivity index is 0.00000200. The zero-order chi connectivity index (χ0) is 14.0. The van der Waals surface area contributed by atoms with Gasteiger partial charge in [-0.2, -0.15) is 4.31 Å². The van der Waals surface area contributed by atoms with Crippen molar-refractivity contribution < 1.29 is 13.2 Å². The Bertz CT molecular complexity index is 568. The first-order valence-electron chi connectivity index (χ1n) is 6.06. The van der Waals surface area contributed by atoms with Gasteiger partial charge < -0.3 is 10.5 Å². The molecule has 1 atom stereocenters. The van der Waals surface area contributed by atoms with Gasteiger partial charge in [-0.3, -0.25) is 0 Å². The largest absolute Gasteiger partial charge is 0.497 e. The average molecular weight is 386 g/mol. The Morgan fingerprint density at radius 3 is 2.75 bits per heavy atom. The van der Waals surface area contributed by atoms with E-state index in [1.807, 2.05) is 0 Å². The standard InChI is InChI=1S/C12H17BrN2O3S.ClH/c1-18-10-4-5-12(11(13)7-10)19(16,17)15-6-2-3-9(15)8-14;/h4-5,7,9H,2-3,6,8,14H2,1H3;1H. The van der Waals surface area contributed by atoms with Gasteiger partial charge in [-0.05, 0) is 47.0 Å². The van der Waals surface area contributed by atoms with Crippen molar-refractivity contribution in [2.24, 2.45) is 5.73 Å². The molecule has 0 spiro atoms. The minimum absolute atomic E-state index is 0. The predicted octanol–water partition coefficient (Wildman–Crippen LogP) is 1.99. The Morgan fingerprint density at radius 1 is 1.50 bits per heavy atom. The molecule has 5 nitrogen and oxygen atoms in total. The second-order valence-electron chi connectivity index (χ2n) is 4.44. The monoisotopic (exact) mass is 384 g/mol. The lowest BCUT2D eigenvalue weighted by Gasteiger charge is -2.23. The summed E-state index contributed by atoms with van der Waals surface area (Å²) >= 11 is 3.30. The molecule has 2 rings (SSSR count). The smallest absolute Gasteiger partial charge is 0.244 e. The van der Waals surface area contributed by atoms with Crippen molar-refractivity contribution in [2.75, 3.05) is 20.2 Å². The highest BCUT2D eigenvalue weighted by molar-refractivity contribution is 9.10. The summed E-state index contributed by atoms with van der Waals surface area (Å²) in [5.41, 5.74) is 5.64. The van der Waals surface area contributed by atoms with Crippen LogP contribution in [0.3, 0.4) is 0 Å². The van der Waals surface area contributed by atoms with Crippen molar-refractivity contribution in [3.8, 4) is 5.75 Å². The van der Waals surface area contributed by atoms with Gasteiger partial charge in [-0.15, -0.1) is 12.4 Å². The molecule has 2 N–H and O–H groups in total. The molecule has 1 heterocycles. The van der Waals surface area contributed by atoms with Crippen molar-refractivity contribution in [3.63, 3.8) is 0 Å². The molecule has 20 heavy (non-hydrogen) atoms. The fourth-order valence-electron chi connectivity index (χ4n) is 2.31. The molecule has 1 aromatic carbocycles. The maximum absolute atomic E-state index is 12.6. The zero-order valence-electron chi connectivity index (χ0n) is 11.1. The maximum Gasteiger partial charge on any atom is 0.244 e. The summed E-state index contributed by atoms with van der Waals surface area (Å²) in [6.07, 6.45) is 1.68. The number of ether oxygens (including phenoxy) is 1. The van der Waals surface area contributed by atoms with E-state index in [0.717, 1.165) is 12.8 Å². The van der Waals surface area contributed by atoms with Crippen LogP contribution in [0.2, 0.25) is 0 Å². The predicted molar refractivity (Wildman–Crippen MR) is 83.9 cm³/mol. The highest BCUT2D eigenvalue weighted by Gasteiger charge is 2.35. The van der Waals surface area contributed by atoms with Crippen LogP contribution in [-0.2, 0) is 10.0 Å². The van der Waals surface area contributed by atoms with Gasteiger partial charge in [0.15, 0.2) is 0 Å². The van der Waals surface area contributed by atoms with Crippen LogP contribution in [0.15, 0.2) is 27.6 Å². The fraction of sp³-hybridized carbons (Fsp3) is 0.500. The molecule has 0 radical (unpaired) electrons. The van der Waals surface area contributed by atoms with Crippen LogP contribution < -0.4 is 10.5 Å². The average Bonchev–Trinajstić information content (AvgIpc) is 2.87. The summed E-state index contributed by atoms with van der Waals surface area (Å²) < 4.78 is 32.3. The van der Waals surface area contributed by atoms with Crippen LogP contribution in [0.4, 0.5) is 0 Å². The van der Waals surface area contributed by atoms with Gasteiger partial charge in [0.25, 0.3) is 0 Å². The Hall–Kier alpha value is -0.340. The highest BCUT2D eigenvalue weighted by atomic mass is 79.9. The van der Waals surface area contributed by atoms with Crippen LogP contribution in [0.1, 0.15) is 12.8 Å². The third-order valence-corrected chi connectivity index (χ3v) is 6.25. The Morgan fingerprint density at radius 2 is 2.20 bits per heavy atom. The summed E-state index contributed by atoms with van der Waals surface area (Å²) in [6, 6.07) is 4.76. The van der Waals surface area contributed by atoms with E-state index < -0.39 is 10.0 Å². The van der Waals surface area contributed by atoms with Crippen LogP contribution in [0, 0.1) is 0 Å². The summed E-state index contributed by atoms with van der Waals surface area (Å²) in [5, 5.41) is 0. The first-order valence-corrected chi connectivity index (χ1v) is 8.29. The van der Waals surface area contributed by atoms with E-state index in [-0.39, 0.29) is 23.3 Å². The summed E-state index contributed by atoms with van der Waals surface area (Å²) in [6.45, 7) is 0.885. The second-order valence-corrected chi connectivity index (χ2v) is 7.16. The molecule has 1 aliphatic heterocycles. The molecular formula is C12H18BrClN2O3S. The molecule has 1 unspecified atom stereocenters. The minimum Gasteiger partial charge on any atom is -0.497 e. The first kappa shape index (κ1) is 17.7. The van der Waals surface area contributed by atoms with Crippen molar-refractivity contribution in [1.29, 1.82) is 0 Å². The molecule has 0 aliphatic carbocycles. The molecule has 1 aromatic rings. The zero-order valence-corrected chi connectivity index (χ0v) is 14.3. The molecule has 1 saturated heterocycles. The van der Waals surface area contributed by atoms with E-state index in [9.17, 15) is 8.42 Å². The van der Waals surface area contributed by atoms with Crippen molar-refractivity contribution in [3.05, 3.63) is 22.7 Å². The van der Waals surface area contributed by atoms with Gasteiger partial charge in [0.2, 0.25) is 10.0 Å². The van der Waals surface area contributed by atoms with E-state index in [1.165, 1.54) is 4.31 Å². The highest BCUT2D eigenvalue weighted by Crippen LogP contribution is 2.32. The van der Waals surface area contributed by atoms with Gasteiger partial charge >= 0.3 is 0 Å². The van der Waals surface area contributed by atoms with Crippen molar-refractivity contribution in [1.82, 2.24) is 4.31 Å². The Labute approximate surface area is 134 Å². The lowest BCUT2D eigenvalue weighted by atomic mass is 10.2. The summed E-state index contributed by atoms with van der Waals surface area (Å²) in [7, 11) is -1.96. The van der Waals surface area contributed by atoms with E-state index in [4.69, 9.17) is 10.5 Å². The third-order valence-electron chi connectivity index (χ3n) is 3.32. The lowest BCUT2D eigenvalue weighted by Crippen LogP contribution is -2.39. The van der Waals surface area contributed by atoms with Crippen LogP contribution in [0.5, 0.6) is 5.75 Å². The van der Waals surface area contributed by atoms with Gasteiger partial charge in [0, 0.05) is 23.6 Å². The van der Waals surface area contributed by atoms with E-state index in [0.29, 0.717) is 23.3 Å². The molecule has 8 heteroatoms. The molecule has 0 saturated carbocycles. The third kappa shape index (κ3) is 3.28. The number of hydrogen-bond acceptors (Lipinski definition) is 4. The first-order chi connectivity index (χ1) is 9.00. The maximum atomic E-state index is 12.6. The molecule has 0 amide bonds. The second kappa shape index (κ2) is 7.09. The number of methoxy groups -OCH3 is 1. The molecule has 0 bridgehead atoms. The Kier molecular flexibility index (Phi) is 6.27. The normalized spacial score (nSPS) is 19.6. The molecule has 1 aliphatic rings. The topological polar surface area (TPSA) is 72.6 Å². The number of halogens is 2. The number of nitrogens with two attached hydrogens (primary N) is 1. The molecular weight excluding hydrogens is 368 g/mol. The lowest BCUT2D eigenvalue weighted by molar-refractivity contribution is 0.392. The minimum atomic E-state index is -3.50. The number of sulfonamides is 1.